The number of hydrogen-bond donors (Lipinski definition) is 1. The first-order valence-electron chi connectivity index (χ1n) is 11.6. The van der Waals surface area contributed by atoms with Gasteiger partial charge in [-0.25, -0.2) is 4.98 Å². The molecule has 2 aromatic carbocycles. The second-order valence-electron chi connectivity index (χ2n) is 8.44. The molecule has 9 heteroatoms. The number of anilines is 1. The lowest BCUT2D eigenvalue weighted by Gasteiger charge is -2.35. The van der Waals surface area contributed by atoms with Gasteiger partial charge in [0, 0.05) is 19.6 Å². The lowest BCUT2D eigenvalue weighted by atomic mass is 10.1. The van der Waals surface area contributed by atoms with Crippen LogP contribution < -0.4 is 10.9 Å². The van der Waals surface area contributed by atoms with Crippen LogP contribution in [0.2, 0.25) is 5.15 Å². The minimum Gasteiger partial charge on any atom is -0.459 e. The van der Waals surface area contributed by atoms with Crippen molar-refractivity contribution in [1.29, 1.82) is 0 Å². The van der Waals surface area contributed by atoms with Gasteiger partial charge in [-0.2, -0.15) is 0 Å². The minimum atomic E-state index is -0.526. The molecule has 0 aliphatic carbocycles. The van der Waals surface area contributed by atoms with E-state index in [0.29, 0.717) is 25.5 Å². The fraction of sp³-hybridized carbons (Fsp3) is 0.346. The number of nitrogens with one attached hydrogen (secondary N) is 1. The predicted octanol–water partition coefficient (Wildman–Crippen LogP) is 3.26. The summed E-state index contributed by atoms with van der Waals surface area (Å²) in [5, 5.41) is 3.29. The first kappa shape index (κ1) is 24.9. The van der Waals surface area contributed by atoms with Gasteiger partial charge in [-0.05, 0) is 18.1 Å². The van der Waals surface area contributed by atoms with Crippen LogP contribution >= 0.6 is 11.6 Å². The van der Waals surface area contributed by atoms with Crippen molar-refractivity contribution in [2.45, 2.75) is 32.7 Å². The summed E-state index contributed by atoms with van der Waals surface area (Å²) in [4.78, 5) is 32.1. The maximum absolute atomic E-state index is 13.1. The third kappa shape index (κ3) is 6.69. The molecule has 184 valence electrons. The number of benzene rings is 2. The van der Waals surface area contributed by atoms with Crippen LogP contribution in [0.4, 0.5) is 5.82 Å². The van der Waals surface area contributed by atoms with E-state index in [1.807, 2.05) is 48.5 Å². The molecule has 0 spiro atoms. The van der Waals surface area contributed by atoms with Crippen LogP contribution in [-0.4, -0.2) is 52.8 Å². The zero-order valence-electron chi connectivity index (χ0n) is 19.7. The van der Waals surface area contributed by atoms with Crippen molar-refractivity contribution in [3.05, 3.63) is 93.0 Å². The van der Waals surface area contributed by atoms with Gasteiger partial charge in [0.1, 0.15) is 13.2 Å². The highest BCUT2D eigenvalue weighted by Crippen LogP contribution is 2.15. The number of carbonyl (C=O) groups excluding carboxylic acids is 1. The lowest BCUT2D eigenvalue weighted by molar-refractivity contribution is -0.145. The van der Waals surface area contributed by atoms with Crippen molar-refractivity contribution in [3.63, 3.8) is 0 Å². The van der Waals surface area contributed by atoms with Gasteiger partial charge >= 0.3 is 5.97 Å². The molecule has 2 heterocycles. The summed E-state index contributed by atoms with van der Waals surface area (Å²) in [7, 11) is 0. The second kappa shape index (κ2) is 12.0. The van der Waals surface area contributed by atoms with Gasteiger partial charge in [-0.1, -0.05) is 72.3 Å². The Kier molecular flexibility index (Phi) is 8.52. The van der Waals surface area contributed by atoms with Gasteiger partial charge < -0.3 is 14.8 Å². The van der Waals surface area contributed by atoms with E-state index in [9.17, 15) is 9.59 Å². The lowest BCUT2D eigenvalue weighted by Crippen LogP contribution is -2.48. The standard InChI is InChI=1S/C26H29ClN4O4/c1-19-24(27)29-25(26(33)31(19)16-23(32)35-17-21-10-6-3-7-11-21)28-14-22-18-34-13-12-30(22)15-20-8-4-2-5-9-20/h2-11,22H,12-18H2,1H3,(H,28,29)/t22-/m0/s1. The first-order chi connectivity index (χ1) is 17.0. The zero-order valence-corrected chi connectivity index (χ0v) is 20.4. The third-order valence-corrected chi connectivity index (χ3v) is 6.33. The van der Waals surface area contributed by atoms with Crippen LogP contribution in [0.5, 0.6) is 0 Å². The first-order valence-corrected chi connectivity index (χ1v) is 11.9. The van der Waals surface area contributed by atoms with Gasteiger partial charge in [0.25, 0.3) is 5.56 Å². The Morgan fingerprint density at radius 2 is 1.83 bits per heavy atom. The summed E-state index contributed by atoms with van der Waals surface area (Å²) in [6.45, 7) is 4.78. The van der Waals surface area contributed by atoms with Crippen molar-refractivity contribution in [3.8, 4) is 0 Å². The average Bonchev–Trinajstić information content (AvgIpc) is 2.89. The highest BCUT2D eigenvalue weighted by Gasteiger charge is 2.24. The molecule has 35 heavy (non-hydrogen) atoms. The molecule has 1 aliphatic heterocycles. The molecule has 1 aromatic heterocycles. The molecule has 3 aromatic rings. The summed E-state index contributed by atoms with van der Waals surface area (Å²) in [6.07, 6.45) is 0. The fourth-order valence-electron chi connectivity index (χ4n) is 3.95. The Labute approximate surface area is 209 Å². The predicted molar refractivity (Wildman–Crippen MR) is 134 cm³/mol. The topological polar surface area (TPSA) is 85.7 Å². The largest absolute Gasteiger partial charge is 0.459 e. The number of carbonyl (C=O) groups is 1. The molecule has 1 fully saturated rings. The molecule has 0 saturated carbocycles. The molecule has 1 saturated heterocycles. The number of aromatic nitrogens is 2. The Bertz CT molecular complexity index is 1190. The molecule has 0 bridgehead atoms. The Hall–Kier alpha value is -3.20. The quantitative estimate of drug-likeness (QED) is 0.455. The fourth-order valence-corrected chi connectivity index (χ4v) is 4.14. The van der Waals surface area contributed by atoms with Crippen LogP contribution in [-0.2, 0) is 34.0 Å². The van der Waals surface area contributed by atoms with Crippen molar-refractivity contribution in [1.82, 2.24) is 14.5 Å². The zero-order chi connectivity index (χ0) is 24.6. The summed E-state index contributed by atoms with van der Waals surface area (Å²) in [5.41, 5.74) is 2.07. The molecule has 0 radical (unpaired) electrons. The Morgan fingerprint density at radius 3 is 2.54 bits per heavy atom. The highest BCUT2D eigenvalue weighted by atomic mass is 35.5. The van der Waals surface area contributed by atoms with E-state index >= 15 is 0 Å². The summed E-state index contributed by atoms with van der Waals surface area (Å²) >= 11 is 6.31. The van der Waals surface area contributed by atoms with E-state index < -0.39 is 11.5 Å². The van der Waals surface area contributed by atoms with Gasteiger partial charge in [0.15, 0.2) is 11.0 Å². The van der Waals surface area contributed by atoms with Gasteiger partial charge in [0.05, 0.1) is 24.9 Å². The summed E-state index contributed by atoms with van der Waals surface area (Å²) in [5.74, 6) is -0.427. The van der Waals surface area contributed by atoms with Crippen LogP contribution in [0.25, 0.3) is 0 Å². The Balaban J connectivity index is 1.42. The summed E-state index contributed by atoms with van der Waals surface area (Å²) < 4.78 is 12.3. The van der Waals surface area contributed by atoms with E-state index in [1.54, 1.807) is 6.92 Å². The van der Waals surface area contributed by atoms with E-state index in [2.05, 4.69) is 27.3 Å². The SMILES string of the molecule is Cc1c(Cl)nc(NC[C@H]2COCCN2Cc2ccccc2)c(=O)n1CC(=O)OCc1ccccc1. The highest BCUT2D eigenvalue weighted by molar-refractivity contribution is 6.30. The van der Waals surface area contributed by atoms with Crippen LogP contribution in [0.1, 0.15) is 16.8 Å². The van der Waals surface area contributed by atoms with Crippen molar-refractivity contribution < 1.29 is 14.3 Å². The molecule has 1 N–H and O–H groups in total. The average molecular weight is 497 g/mol. The van der Waals surface area contributed by atoms with Crippen LogP contribution in [0, 0.1) is 6.92 Å². The Morgan fingerprint density at radius 1 is 1.14 bits per heavy atom. The molecule has 1 aliphatic rings. The van der Waals surface area contributed by atoms with E-state index in [-0.39, 0.29) is 30.2 Å². The monoisotopic (exact) mass is 496 g/mol. The van der Waals surface area contributed by atoms with Crippen molar-refractivity contribution in [2.24, 2.45) is 0 Å². The van der Waals surface area contributed by atoms with Crippen molar-refractivity contribution >= 4 is 23.4 Å². The number of ether oxygens (including phenoxy) is 2. The number of nitrogens with zero attached hydrogens (tertiary/aromatic N) is 3. The maximum Gasteiger partial charge on any atom is 0.326 e. The van der Waals surface area contributed by atoms with Gasteiger partial charge in [-0.15, -0.1) is 0 Å². The molecule has 1 atom stereocenters. The molecule has 4 rings (SSSR count). The smallest absolute Gasteiger partial charge is 0.326 e. The van der Waals surface area contributed by atoms with Gasteiger partial charge in [-0.3, -0.25) is 19.1 Å². The summed E-state index contributed by atoms with van der Waals surface area (Å²) in [6, 6.07) is 19.6. The van der Waals surface area contributed by atoms with E-state index in [4.69, 9.17) is 21.1 Å². The van der Waals surface area contributed by atoms with Crippen LogP contribution in [0.3, 0.4) is 0 Å². The molecule has 0 unspecified atom stereocenters. The number of esters is 1. The number of halogens is 1. The second-order valence-corrected chi connectivity index (χ2v) is 8.80. The third-order valence-electron chi connectivity index (χ3n) is 5.97. The number of rotatable bonds is 9. The molecule has 0 amide bonds. The number of hydrogen-bond acceptors (Lipinski definition) is 7. The maximum atomic E-state index is 13.1. The number of morpholine rings is 1. The van der Waals surface area contributed by atoms with Crippen LogP contribution in [0.15, 0.2) is 65.5 Å². The van der Waals surface area contributed by atoms with E-state index in [1.165, 1.54) is 10.1 Å². The molecular formula is C26H29ClN4O4. The van der Waals surface area contributed by atoms with Gasteiger partial charge in [0.2, 0.25) is 0 Å². The normalized spacial score (nSPS) is 16.1. The van der Waals surface area contributed by atoms with Crippen molar-refractivity contribution in [2.75, 3.05) is 31.6 Å². The minimum absolute atomic E-state index is 0.0505. The molecule has 8 nitrogen and oxygen atoms in total. The van der Waals surface area contributed by atoms with E-state index in [0.717, 1.165) is 18.7 Å². The molecular weight excluding hydrogens is 468 g/mol.